The number of benzene rings is 2. The van der Waals surface area contributed by atoms with Crippen LogP contribution in [0.3, 0.4) is 0 Å². The van der Waals surface area contributed by atoms with Crippen LogP contribution in [-0.4, -0.2) is 14.2 Å². The van der Waals surface area contributed by atoms with E-state index in [1.807, 2.05) is 24.3 Å². The van der Waals surface area contributed by atoms with Gasteiger partial charge in [0.1, 0.15) is 22.7 Å². The van der Waals surface area contributed by atoms with E-state index in [-0.39, 0.29) is 11.3 Å². The quantitative estimate of drug-likeness (QED) is 0.147. The number of hydrogen-bond acceptors (Lipinski definition) is 10. The van der Waals surface area contributed by atoms with Crippen molar-refractivity contribution >= 4 is 63.2 Å². The van der Waals surface area contributed by atoms with Gasteiger partial charge >= 0.3 is 11.3 Å². The van der Waals surface area contributed by atoms with Crippen molar-refractivity contribution in [2.45, 2.75) is 11.5 Å². The SMILES string of the molecule is COc1ccc2c(CSSSSCc3cc(=O)oc4cc(OC)ccc34)cc(=O)oc2c1. The van der Waals surface area contributed by atoms with Gasteiger partial charge in [-0.15, -0.1) is 0 Å². The standard InChI is InChI=1S/C22H18O6S4/c1-25-15-3-5-17-13(7-21(23)27-19(17)9-15)11-29-31-32-30-12-14-8-22(24)28-20-10-16(26-2)4-6-18(14)20/h3-10H,11-12H2,1-2H3. The third kappa shape index (κ3) is 5.43. The molecule has 0 aliphatic carbocycles. The van der Waals surface area contributed by atoms with Crippen LogP contribution >= 0.6 is 41.2 Å². The molecule has 10 heteroatoms. The lowest BCUT2D eigenvalue weighted by molar-refractivity contribution is 0.414. The van der Waals surface area contributed by atoms with Crippen LogP contribution in [0.5, 0.6) is 11.5 Å². The summed E-state index contributed by atoms with van der Waals surface area (Å²) in [5.74, 6) is 2.61. The molecule has 0 amide bonds. The molecule has 0 spiro atoms. The lowest BCUT2D eigenvalue weighted by atomic mass is 10.1. The molecule has 0 fully saturated rings. The Morgan fingerprint density at radius 3 is 1.53 bits per heavy atom. The summed E-state index contributed by atoms with van der Waals surface area (Å²) < 4.78 is 21.0. The molecule has 6 nitrogen and oxygen atoms in total. The lowest BCUT2D eigenvalue weighted by Gasteiger charge is -2.07. The van der Waals surface area contributed by atoms with Gasteiger partial charge in [-0.05, 0) is 55.0 Å². The first kappa shape index (κ1) is 23.0. The molecule has 166 valence electrons. The van der Waals surface area contributed by atoms with Crippen molar-refractivity contribution in [3.8, 4) is 11.5 Å². The van der Waals surface area contributed by atoms with Gasteiger partial charge in [-0.2, -0.15) is 0 Å². The maximum absolute atomic E-state index is 11.9. The second-order valence-electron chi connectivity index (χ2n) is 6.57. The van der Waals surface area contributed by atoms with Crippen molar-refractivity contribution in [2.24, 2.45) is 0 Å². The van der Waals surface area contributed by atoms with Crippen molar-refractivity contribution in [2.75, 3.05) is 14.2 Å². The maximum atomic E-state index is 11.9. The Morgan fingerprint density at radius 1 is 0.688 bits per heavy atom. The first-order chi connectivity index (χ1) is 15.6. The van der Waals surface area contributed by atoms with E-state index >= 15 is 0 Å². The van der Waals surface area contributed by atoms with Crippen LogP contribution in [0.1, 0.15) is 11.1 Å². The van der Waals surface area contributed by atoms with Crippen molar-refractivity contribution in [3.63, 3.8) is 0 Å². The Labute approximate surface area is 198 Å². The van der Waals surface area contributed by atoms with Gasteiger partial charge in [0.25, 0.3) is 0 Å². The van der Waals surface area contributed by atoms with E-state index in [1.54, 1.807) is 67.6 Å². The molecular formula is C22H18O6S4. The lowest BCUT2D eigenvalue weighted by Crippen LogP contribution is -2.00. The fraction of sp³-hybridized carbons (Fsp3) is 0.182. The molecular weight excluding hydrogens is 489 g/mol. The van der Waals surface area contributed by atoms with Crippen molar-refractivity contribution in [3.05, 3.63) is 80.5 Å². The number of methoxy groups -OCH3 is 2. The first-order valence-electron chi connectivity index (χ1n) is 9.36. The molecule has 0 aliphatic rings. The minimum Gasteiger partial charge on any atom is -0.497 e. The second-order valence-corrected chi connectivity index (χ2v) is 12.6. The van der Waals surface area contributed by atoms with Crippen LogP contribution in [0.15, 0.2) is 67.0 Å². The molecule has 0 radical (unpaired) electrons. The van der Waals surface area contributed by atoms with Crippen LogP contribution in [0.25, 0.3) is 21.9 Å². The monoisotopic (exact) mass is 506 g/mol. The Morgan fingerprint density at radius 2 is 1.12 bits per heavy atom. The minimum atomic E-state index is -0.375. The zero-order valence-electron chi connectivity index (χ0n) is 17.1. The average Bonchev–Trinajstić information content (AvgIpc) is 2.79. The van der Waals surface area contributed by atoms with Crippen molar-refractivity contribution < 1.29 is 18.3 Å². The van der Waals surface area contributed by atoms with Gasteiger partial charge in [0.15, 0.2) is 0 Å². The fourth-order valence-electron chi connectivity index (χ4n) is 3.13. The molecule has 32 heavy (non-hydrogen) atoms. The second kappa shape index (κ2) is 10.7. The van der Waals surface area contributed by atoms with Gasteiger partial charge in [0, 0.05) is 46.5 Å². The summed E-state index contributed by atoms with van der Waals surface area (Å²) in [5.41, 5.74) is 2.13. The molecule has 4 aromatic rings. The molecule has 2 aromatic carbocycles. The van der Waals surface area contributed by atoms with Gasteiger partial charge in [-0.1, -0.05) is 21.6 Å². The highest BCUT2D eigenvalue weighted by Gasteiger charge is 2.09. The molecule has 0 bridgehead atoms. The van der Waals surface area contributed by atoms with Crippen molar-refractivity contribution in [1.29, 1.82) is 0 Å². The van der Waals surface area contributed by atoms with Crippen LogP contribution < -0.4 is 20.7 Å². The smallest absolute Gasteiger partial charge is 0.336 e. The highest BCUT2D eigenvalue weighted by atomic mass is 33.7. The summed E-state index contributed by atoms with van der Waals surface area (Å²) >= 11 is 0. The maximum Gasteiger partial charge on any atom is 0.336 e. The summed E-state index contributed by atoms with van der Waals surface area (Å²) in [6.07, 6.45) is 0. The largest absolute Gasteiger partial charge is 0.497 e. The van der Waals surface area contributed by atoms with Crippen LogP contribution in [0.4, 0.5) is 0 Å². The molecule has 0 N–H and O–H groups in total. The molecule has 0 unspecified atom stereocenters. The van der Waals surface area contributed by atoms with Crippen LogP contribution in [0, 0.1) is 0 Å². The molecule has 0 atom stereocenters. The number of ether oxygens (including phenoxy) is 2. The first-order valence-corrected chi connectivity index (χ1v) is 14.5. The van der Waals surface area contributed by atoms with E-state index in [0.29, 0.717) is 34.2 Å². The Kier molecular flexibility index (Phi) is 7.67. The normalized spacial score (nSPS) is 11.2. The Balaban J connectivity index is 1.35. The summed E-state index contributed by atoms with van der Waals surface area (Å²) in [7, 11) is 9.67. The van der Waals surface area contributed by atoms with E-state index in [2.05, 4.69) is 0 Å². The van der Waals surface area contributed by atoms with E-state index in [0.717, 1.165) is 21.9 Å². The van der Waals surface area contributed by atoms with Crippen LogP contribution in [0.2, 0.25) is 0 Å². The number of fused-ring (bicyclic) bond motifs is 2. The van der Waals surface area contributed by atoms with Gasteiger partial charge in [-0.25, -0.2) is 9.59 Å². The zero-order chi connectivity index (χ0) is 22.5. The molecule has 2 heterocycles. The minimum absolute atomic E-state index is 0.375. The molecule has 0 saturated heterocycles. The topological polar surface area (TPSA) is 78.9 Å². The van der Waals surface area contributed by atoms with E-state index in [4.69, 9.17) is 18.3 Å². The van der Waals surface area contributed by atoms with Crippen LogP contribution in [-0.2, 0) is 11.5 Å². The number of rotatable bonds is 9. The average molecular weight is 507 g/mol. The van der Waals surface area contributed by atoms with Gasteiger partial charge in [0.05, 0.1) is 14.2 Å². The third-order valence-corrected chi connectivity index (χ3v) is 10.9. The highest BCUT2D eigenvalue weighted by Crippen LogP contribution is 2.46. The van der Waals surface area contributed by atoms with Gasteiger partial charge in [-0.3, -0.25) is 0 Å². The summed E-state index contributed by atoms with van der Waals surface area (Å²) in [4.78, 5) is 23.8. The predicted molar refractivity (Wildman–Crippen MR) is 136 cm³/mol. The molecule has 0 aliphatic heterocycles. The Hall–Kier alpha value is -2.14. The molecule has 4 rings (SSSR count). The van der Waals surface area contributed by atoms with E-state index in [1.165, 1.54) is 12.1 Å². The Bertz CT molecular complexity index is 1260. The van der Waals surface area contributed by atoms with Gasteiger partial charge in [0.2, 0.25) is 0 Å². The zero-order valence-corrected chi connectivity index (χ0v) is 20.4. The van der Waals surface area contributed by atoms with E-state index < -0.39 is 0 Å². The fourth-order valence-corrected chi connectivity index (χ4v) is 9.01. The summed E-state index contributed by atoms with van der Waals surface area (Å²) in [6.45, 7) is 0. The predicted octanol–water partition coefficient (Wildman–Crippen LogP) is 6.29. The molecule has 2 aromatic heterocycles. The van der Waals surface area contributed by atoms with E-state index in [9.17, 15) is 9.59 Å². The molecule has 0 saturated carbocycles. The summed E-state index contributed by atoms with van der Waals surface area (Å²) in [5, 5.41) is 1.79. The van der Waals surface area contributed by atoms with Crippen molar-refractivity contribution in [1.82, 2.24) is 0 Å². The summed E-state index contributed by atoms with van der Waals surface area (Å²) in [6, 6.07) is 14.0. The highest BCUT2D eigenvalue weighted by molar-refractivity contribution is 9.25. The number of hydrogen-bond donors (Lipinski definition) is 0. The third-order valence-electron chi connectivity index (χ3n) is 4.63. The van der Waals surface area contributed by atoms with Gasteiger partial charge < -0.3 is 18.3 Å².